The summed E-state index contributed by atoms with van der Waals surface area (Å²) in [5.41, 5.74) is 0.348. The molecule has 2 aromatic heterocycles. The Morgan fingerprint density at radius 1 is 1.44 bits per heavy atom. The van der Waals surface area contributed by atoms with Crippen molar-refractivity contribution in [1.29, 1.82) is 0 Å². The fourth-order valence-electron chi connectivity index (χ4n) is 1.07. The third kappa shape index (κ3) is 2.31. The van der Waals surface area contributed by atoms with E-state index >= 15 is 0 Å². The number of sulfonamides is 1. The Morgan fingerprint density at radius 3 is 2.88 bits per heavy atom. The highest BCUT2D eigenvalue weighted by Crippen LogP contribution is 2.16. The monoisotopic (exact) mass is 258 g/mol. The second-order valence-corrected chi connectivity index (χ2v) is 4.98. The lowest BCUT2D eigenvalue weighted by Crippen LogP contribution is -2.12. The molecule has 8 heteroatoms. The van der Waals surface area contributed by atoms with E-state index in [4.69, 9.17) is 11.6 Å². The van der Waals surface area contributed by atoms with Gasteiger partial charge in [-0.05, 0) is 12.1 Å². The zero-order chi connectivity index (χ0) is 11.6. The van der Waals surface area contributed by atoms with Crippen LogP contribution in [0.2, 0.25) is 5.15 Å². The van der Waals surface area contributed by atoms with Crippen LogP contribution in [0.4, 0.5) is 5.69 Å². The maximum absolute atomic E-state index is 11.7. The van der Waals surface area contributed by atoms with Crippen molar-refractivity contribution in [3.05, 3.63) is 35.9 Å². The third-order valence-electron chi connectivity index (χ3n) is 1.76. The second kappa shape index (κ2) is 4.11. The number of hydrogen-bond donors (Lipinski definition) is 2. The fourth-order valence-corrected chi connectivity index (χ4v) is 2.19. The summed E-state index contributed by atoms with van der Waals surface area (Å²) in [5.74, 6) is 0. The molecule has 84 valence electrons. The molecule has 2 rings (SSSR count). The first-order valence-electron chi connectivity index (χ1n) is 4.21. The number of aromatic nitrogens is 3. The Kier molecular flexibility index (Phi) is 2.80. The minimum atomic E-state index is -3.62. The second-order valence-electron chi connectivity index (χ2n) is 2.91. The number of halogens is 1. The van der Waals surface area contributed by atoms with Gasteiger partial charge in [-0.25, -0.2) is 13.4 Å². The lowest BCUT2D eigenvalue weighted by molar-refractivity contribution is 0.601. The summed E-state index contributed by atoms with van der Waals surface area (Å²) >= 11 is 5.63. The van der Waals surface area contributed by atoms with E-state index in [9.17, 15) is 8.42 Å². The molecule has 0 aliphatic rings. The van der Waals surface area contributed by atoms with Gasteiger partial charge in [-0.2, -0.15) is 5.10 Å². The predicted octanol–water partition coefficient (Wildman–Crippen LogP) is 1.26. The number of pyridine rings is 1. The van der Waals surface area contributed by atoms with Gasteiger partial charge in [-0.15, -0.1) is 0 Å². The maximum Gasteiger partial charge on any atom is 0.265 e. The van der Waals surface area contributed by atoms with Gasteiger partial charge < -0.3 is 0 Å². The summed E-state index contributed by atoms with van der Waals surface area (Å²) in [4.78, 5) is 3.80. The van der Waals surface area contributed by atoms with Crippen LogP contribution in [0, 0.1) is 0 Å². The van der Waals surface area contributed by atoms with Crippen LogP contribution in [-0.2, 0) is 10.0 Å². The predicted molar refractivity (Wildman–Crippen MR) is 58.6 cm³/mol. The number of aromatic amines is 1. The Bertz CT molecular complexity index is 582. The van der Waals surface area contributed by atoms with E-state index in [1.807, 2.05) is 0 Å². The van der Waals surface area contributed by atoms with Gasteiger partial charge in [0.25, 0.3) is 10.0 Å². The topological polar surface area (TPSA) is 87.7 Å². The van der Waals surface area contributed by atoms with Crippen molar-refractivity contribution in [2.24, 2.45) is 0 Å². The summed E-state index contributed by atoms with van der Waals surface area (Å²) < 4.78 is 25.8. The van der Waals surface area contributed by atoms with Crippen LogP contribution in [-0.4, -0.2) is 23.6 Å². The first-order chi connectivity index (χ1) is 7.58. The highest BCUT2D eigenvalue weighted by atomic mass is 35.5. The number of nitrogens with one attached hydrogen (secondary N) is 2. The highest BCUT2D eigenvalue weighted by molar-refractivity contribution is 7.92. The number of H-pyrrole nitrogens is 1. The molecular weight excluding hydrogens is 252 g/mol. The number of nitrogens with zero attached hydrogens (tertiary/aromatic N) is 2. The van der Waals surface area contributed by atoms with Crippen LogP contribution in [0.5, 0.6) is 0 Å². The molecule has 0 amide bonds. The largest absolute Gasteiger partial charge is 0.284 e. The van der Waals surface area contributed by atoms with Crippen LogP contribution < -0.4 is 4.72 Å². The third-order valence-corrected chi connectivity index (χ3v) is 3.32. The van der Waals surface area contributed by atoms with Crippen LogP contribution in [0.3, 0.4) is 0 Å². The summed E-state index contributed by atoms with van der Waals surface area (Å²) in [6.45, 7) is 0. The van der Waals surface area contributed by atoms with Crippen molar-refractivity contribution in [3.63, 3.8) is 0 Å². The zero-order valence-electron chi connectivity index (χ0n) is 7.88. The molecule has 0 atom stereocenters. The van der Waals surface area contributed by atoms with Gasteiger partial charge in [0.15, 0.2) is 0 Å². The van der Waals surface area contributed by atoms with Gasteiger partial charge in [-0.3, -0.25) is 9.82 Å². The molecule has 2 aromatic rings. The van der Waals surface area contributed by atoms with E-state index in [0.717, 1.165) is 0 Å². The molecule has 0 aromatic carbocycles. The van der Waals surface area contributed by atoms with Crippen LogP contribution in [0.15, 0.2) is 35.6 Å². The van der Waals surface area contributed by atoms with Gasteiger partial charge in [0.05, 0.1) is 11.9 Å². The quantitative estimate of drug-likeness (QED) is 0.812. The maximum atomic E-state index is 11.7. The molecule has 0 fully saturated rings. The summed E-state index contributed by atoms with van der Waals surface area (Å²) in [6.07, 6.45) is 3.91. The van der Waals surface area contributed by atoms with Gasteiger partial charge in [0, 0.05) is 12.4 Å². The summed E-state index contributed by atoms with van der Waals surface area (Å²) in [7, 11) is -3.62. The Hall–Kier alpha value is -1.60. The smallest absolute Gasteiger partial charge is 0.265 e. The highest BCUT2D eigenvalue weighted by Gasteiger charge is 2.15. The van der Waals surface area contributed by atoms with Crippen molar-refractivity contribution >= 4 is 27.3 Å². The van der Waals surface area contributed by atoms with Gasteiger partial charge in [-0.1, -0.05) is 11.6 Å². The van der Waals surface area contributed by atoms with E-state index in [1.165, 1.54) is 30.7 Å². The molecule has 2 heterocycles. The molecule has 0 aliphatic heterocycles. The van der Waals surface area contributed by atoms with Crippen molar-refractivity contribution < 1.29 is 8.42 Å². The Morgan fingerprint density at radius 2 is 2.25 bits per heavy atom. The summed E-state index contributed by atoms with van der Waals surface area (Å²) in [5, 5.41) is 6.21. The molecule has 0 saturated heterocycles. The SMILES string of the molecule is O=S(=O)(Nc1ccnc(Cl)c1)c1cn[nH]c1. The fraction of sp³-hybridized carbons (Fsp3) is 0. The first-order valence-corrected chi connectivity index (χ1v) is 6.07. The van der Waals surface area contributed by atoms with E-state index in [1.54, 1.807) is 0 Å². The normalized spacial score (nSPS) is 11.3. The molecule has 0 spiro atoms. The lowest BCUT2D eigenvalue weighted by Gasteiger charge is -2.05. The van der Waals surface area contributed by atoms with Crippen molar-refractivity contribution in [2.75, 3.05) is 4.72 Å². The standard InChI is InChI=1S/C8H7ClN4O2S/c9-8-3-6(1-2-10-8)13-16(14,15)7-4-11-12-5-7/h1-5H,(H,10,13)(H,11,12). The average Bonchev–Trinajstić information content (AvgIpc) is 2.69. The van der Waals surface area contributed by atoms with Crippen LogP contribution in [0.25, 0.3) is 0 Å². The van der Waals surface area contributed by atoms with E-state index in [0.29, 0.717) is 5.69 Å². The van der Waals surface area contributed by atoms with Gasteiger partial charge in [0.1, 0.15) is 10.0 Å². The molecule has 0 bridgehead atoms. The van der Waals surface area contributed by atoms with Gasteiger partial charge in [0.2, 0.25) is 0 Å². The minimum absolute atomic E-state index is 0.0560. The van der Waals surface area contributed by atoms with Crippen LogP contribution in [0.1, 0.15) is 0 Å². The molecule has 6 nitrogen and oxygen atoms in total. The van der Waals surface area contributed by atoms with Crippen LogP contribution >= 0.6 is 11.6 Å². The zero-order valence-corrected chi connectivity index (χ0v) is 9.46. The van der Waals surface area contributed by atoms with Crippen molar-refractivity contribution in [3.8, 4) is 0 Å². The number of anilines is 1. The molecule has 0 saturated carbocycles. The Labute approximate surface area is 96.7 Å². The molecule has 16 heavy (non-hydrogen) atoms. The molecule has 0 aliphatic carbocycles. The van der Waals surface area contributed by atoms with Crippen molar-refractivity contribution in [2.45, 2.75) is 4.90 Å². The number of hydrogen-bond acceptors (Lipinski definition) is 4. The van der Waals surface area contributed by atoms with E-state index < -0.39 is 10.0 Å². The van der Waals surface area contributed by atoms with E-state index in [2.05, 4.69) is 19.9 Å². The molecule has 0 radical (unpaired) electrons. The summed E-state index contributed by atoms with van der Waals surface area (Å²) in [6, 6.07) is 2.92. The number of rotatable bonds is 3. The van der Waals surface area contributed by atoms with Crippen molar-refractivity contribution in [1.82, 2.24) is 15.2 Å². The average molecular weight is 259 g/mol. The van der Waals surface area contributed by atoms with Gasteiger partial charge >= 0.3 is 0 Å². The van der Waals surface area contributed by atoms with E-state index in [-0.39, 0.29) is 10.0 Å². The molecular formula is C8H7ClN4O2S. The molecule has 2 N–H and O–H groups in total. The first kappa shape index (κ1) is 10.9. The Balaban J connectivity index is 2.29. The molecule has 0 unspecified atom stereocenters. The minimum Gasteiger partial charge on any atom is -0.284 e. The lowest BCUT2D eigenvalue weighted by atomic mass is 10.4.